The van der Waals surface area contributed by atoms with E-state index in [1.54, 1.807) is 11.8 Å². The summed E-state index contributed by atoms with van der Waals surface area (Å²) in [5, 5.41) is 10.4. The van der Waals surface area contributed by atoms with E-state index in [-0.39, 0.29) is 5.91 Å². The van der Waals surface area contributed by atoms with Crippen LogP contribution >= 0.6 is 11.8 Å². The van der Waals surface area contributed by atoms with Crippen LogP contribution in [0, 0.1) is 10.7 Å². The summed E-state index contributed by atoms with van der Waals surface area (Å²) in [6, 6.07) is 0. The normalized spacial score (nSPS) is 11.6. The maximum atomic E-state index is 11.8. The van der Waals surface area contributed by atoms with Crippen molar-refractivity contribution in [1.82, 2.24) is 4.90 Å². The fourth-order valence-corrected chi connectivity index (χ4v) is 1.46. The van der Waals surface area contributed by atoms with Gasteiger partial charge in [0.2, 0.25) is 0 Å². The van der Waals surface area contributed by atoms with Crippen LogP contribution in [0.3, 0.4) is 0 Å². The molecule has 78 valence electrons. The van der Waals surface area contributed by atoms with Crippen LogP contribution in [0.4, 0.5) is 0 Å². The second-order valence-corrected chi connectivity index (χ2v) is 3.48. The topological polar surface area (TPSA) is 70.1 Å². The molecule has 0 aromatic heterocycles. The zero-order chi connectivity index (χ0) is 11.1. The van der Waals surface area contributed by atoms with Crippen LogP contribution in [-0.2, 0) is 4.79 Å². The van der Waals surface area contributed by atoms with E-state index in [9.17, 15) is 4.79 Å². The Morgan fingerprint density at radius 3 is 2.29 bits per heavy atom. The predicted octanol–water partition coefficient (Wildman–Crippen LogP) is 1.26. The van der Waals surface area contributed by atoms with E-state index in [0.29, 0.717) is 23.7 Å². The van der Waals surface area contributed by atoms with Crippen LogP contribution < -0.4 is 5.73 Å². The van der Waals surface area contributed by atoms with E-state index in [2.05, 4.69) is 0 Å². The Balaban J connectivity index is 4.79. The number of likely N-dealkylation sites (N-methyl/N-ethyl adjacent to an activating group) is 1. The molecule has 0 atom stereocenters. The Morgan fingerprint density at radius 1 is 1.50 bits per heavy atom. The molecule has 0 aromatic rings. The van der Waals surface area contributed by atoms with E-state index in [1.807, 2.05) is 19.2 Å². The van der Waals surface area contributed by atoms with Crippen molar-refractivity contribution in [3.8, 4) is 5.40 Å². The zero-order valence-corrected chi connectivity index (χ0v) is 9.52. The number of nitrogens with zero attached hydrogens (tertiary/aromatic N) is 2. The molecule has 0 aliphatic rings. The number of hydrogen-bond donors (Lipinski definition) is 1. The van der Waals surface area contributed by atoms with E-state index in [0.717, 1.165) is 11.8 Å². The molecule has 4 nitrogen and oxygen atoms in total. The Morgan fingerprint density at radius 2 is 2.00 bits per heavy atom. The number of rotatable bonds is 4. The first-order valence-corrected chi connectivity index (χ1v) is 5.21. The minimum atomic E-state index is -0.165. The molecule has 1 amide bonds. The van der Waals surface area contributed by atoms with Crippen molar-refractivity contribution in [2.24, 2.45) is 5.73 Å². The summed E-state index contributed by atoms with van der Waals surface area (Å²) < 4.78 is 0. The molecule has 0 aliphatic carbocycles. The highest BCUT2D eigenvalue weighted by molar-refractivity contribution is 8.08. The largest absolute Gasteiger partial charge is 0.401 e. The standard InChI is InChI=1S/C9H15N3OS/c1-4-12(5-2)9(13)8(7(3)11)14-6-10/h4-5,11H2,1-3H3. The fraction of sp³-hybridized carbons (Fsp3) is 0.556. The Hall–Kier alpha value is -1.15. The molecule has 14 heavy (non-hydrogen) atoms. The van der Waals surface area contributed by atoms with Crippen molar-refractivity contribution in [3.63, 3.8) is 0 Å². The lowest BCUT2D eigenvalue weighted by Crippen LogP contribution is -2.31. The molecule has 0 aromatic carbocycles. The number of hydrogen-bond acceptors (Lipinski definition) is 4. The quantitative estimate of drug-likeness (QED) is 0.564. The molecule has 0 saturated heterocycles. The van der Waals surface area contributed by atoms with Crippen molar-refractivity contribution in [2.75, 3.05) is 13.1 Å². The van der Waals surface area contributed by atoms with Crippen molar-refractivity contribution < 1.29 is 4.79 Å². The minimum absolute atomic E-state index is 0.165. The molecule has 0 aliphatic heterocycles. The molecule has 0 fully saturated rings. The highest BCUT2D eigenvalue weighted by Crippen LogP contribution is 2.18. The molecule has 2 N–H and O–H groups in total. The number of thioether (sulfide) groups is 1. The SMILES string of the molecule is CCN(CC)C(=O)C(SC#N)=C(C)N. The van der Waals surface area contributed by atoms with Crippen molar-refractivity contribution in [1.29, 1.82) is 5.26 Å². The summed E-state index contributed by atoms with van der Waals surface area (Å²) in [5.41, 5.74) is 5.93. The highest BCUT2D eigenvalue weighted by atomic mass is 32.2. The van der Waals surface area contributed by atoms with E-state index in [1.165, 1.54) is 0 Å². The Labute approximate surface area is 88.7 Å². The summed E-state index contributed by atoms with van der Waals surface area (Å²) in [4.78, 5) is 13.7. The monoisotopic (exact) mass is 213 g/mol. The van der Waals surface area contributed by atoms with Crippen LogP contribution in [0.2, 0.25) is 0 Å². The third-order valence-corrected chi connectivity index (χ3v) is 2.54. The third kappa shape index (κ3) is 3.30. The first kappa shape index (κ1) is 12.8. The smallest absolute Gasteiger partial charge is 0.263 e. The number of carbonyl (C=O) groups excluding carboxylic acids is 1. The van der Waals surface area contributed by atoms with Gasteiger partial charge in [0.1, 0.15) is 10.3 Å². The second kappa shape index (κ2) is 6.33. The van der Waals surface area contributed by atoms with Crippen LogP contribution in [0.15, 0.2) is 10.6 Å². The number of nitrogens with two attached hydrogens (primary N) is 1. The number of thiocyanates is 1. The number of carbonyl (C=O) groups is 1. The van der Waals surface area contributed by atoms with Gasteiger partial charge in [-0.1, -0.05) is 0 Å². The molecule has 0 radical (unpaired) electrons. The molecule has 0 spiro atoms. The molecule has 0 rings (SSSR count). The molecule has 0 unspecified atom stereocenters. The van der Waals surface area contributed by atoms with E-state index < -0.39 is 0 Å². The molecular weight excluding hydrogens is 198 g/mol. The van der Waals surface area contributed by atoms with Crippen LogP contribution in [-0.4, -0.2) is 23.9 Å². The van der Waals surface area contributed by atoms with Gasteiger partial charge in [0.05, 0.1) is 0 Å². The van der Waals surface area contributed by atoms with Gasteiger partial charge in [0.15, 0.2) is 0 Å². The average molecular weight is 213 g/mol. The van der Waals surface area contributed by atoms with Crippen molar-refractivity contribution in [2.45, 2.75) is 20.8 Å². The minimum Gasteiger partial charge on any atom is -0.401 e. The molecule has 5 heteroatoms. The first-order chi connectivity index (χ1) is 6.58. The van der Waals surface area contributed by atoms with Gasteiger partial charge in [-0.3, -0.25) is 4.79 Å². The molecule has 0 heterocycles. The summed E-state index contributed by atoms with van der Waals surface area (Å²) in [7, 11) is 0. The lowest BCUT2D eigenvalue weighted by Gasteiger charge is -2.19. The van der Waals surface area contributed by atoms with Crippen LogP contribution in [0.5, 0.6) is 0 Å². The maximum absolute atomic E-state index is 11.8. The maximum Gasteiger partial charge on any atom is 0.263 e. The van der Waals surface area contributed by atoms with Crippen molar-refractivity contribution >= 4 is 17.7 Å². The van der Waals surface area contributed by atoms with Gasteiger partial charge in [-0.25, -0.2) is 0 Å². The zero-order valence-electron chi connectivity index (χ0n) is 8.70. The lowest BCUT2D eigenvalue weighted by molar-refractivity contribution is -0.126. The highest BCUT2D eigenvalue weighted by Gasteiger charge is 2.17. The fourth-order valence-electron chi connectivity index (χ4n) is 0.993. The average Bonchev–Trinajstić information content (AvgIpc) is 2.15. The third-order valence-electron chi connectivity index (χ3n) is 1.75. The van der Waals surface area contributed by atoms with E-state index >= 15 is 0 Å². The first-order valence-electron chi connectivity index (χ1n) is 4.39. The van der Waals surface area contributed by atoms with Crippen molar-refractivity contribution in [3.05, 3.63) is 10.6 Å². The molecule has 0 bridgehead atoms. The predicted molar refractivity (Wildman–Crippen MR) is 58.0 cm³/mol. The summed E-state index contributed by atoms with van der Waals surface area (Å²) in [6.07, 6.45) is 0. The summed E-state index contributed by atoms with van der Waals surface area (Å²) in [5.74, 6) is -0.165. The van der Waals surface area contributed by atoms with Gasteiger partial charge in [0.25, 0.3) is 5.91 Å². The lowest BCUT2D eigenvalue weighted by atomic mass is 10.3. The van der Waals surface area contributed by atoms with Gasteiger partial charge in [0, 0.05) is 18.8 Å². The van der Waals surface area contributed by atoms with Gasteiger partial charge in [-0.15, -0.1) is 0 Å². The number of allylic oxidation sites excluding steroid dienone is 1. The molecular formula is C9H15N3OS. The van der Waals surface area contributed by atoms with Gasteiger partial charge in [-0.05, 0) is 32.5 Å². The Bertz CT molecular complexity index is 272. The van der Waals surface area contributed by atoms with Gasteiger partial charge < -0.3 is 10.6 Å². The number of amides is 1. The van der Waals surface area contributed by atoms with E-state index in [4.69, 9.17) is 11.0 Å². The number of nitriles is 1. The van der Waals surface area contributed by atoms with Crippen LogP contribution in [0.1, 0.15) is 20.8 Å². The summed E-state index contributed by atoms with van der Waals surface area (Å²) in [6.45, 7) is 6.65. The van der Waals surface area contributed by atoms with Crippen LogP contribution in [0.25, 0.3) is 0 Å². The van der Waals surface area contributed by atoms with Gasteiger partial charge >= 0.3 is 0 Å². The van der Waals surface area contributed by atoms with Gasteiger partial charge in [-0.2, -0.15) is 5.26 Å². The second-order valence-electron chi connectivity index (χ2n) is 2.68. The molecule has 0 saturated carbocycles. The Kier molecular flexibility index (Phi) is 5.81. The summed E-state index contributed by atoms with van der Waals surface area (Å²) >= 11 is 0.821.